The van der Waals surface area contributed by atoms with E-state index in [1.54, 1.807) is 12.4 Å². The van der Waals surface area contributed by atoms with E-state index in [1.165, 1.54) is 0 Å². The minimum atomic E-state index is -0.237. The smallest absolute Gasteiger partial charge is 0.239 e. The number of nitrogens with one attached hydrogen (secondary N) is 2. The number of para-hydroxylation sites is 1. The zero-order valence-corrected chi connectivity index (χ0v) is 12.7. The predicted octanol–water partition coefficient (Wildman–Crippen LogP) is 1.28. The number of carbonyl (C=O) groups is 2. The third kappa shape index (κ3) is 6.60. The molecule has 2 rings (SSSR count). The highest BCUT2D eigenvalue weighted by atomic mass is 16.5. The molecule has 2 amide bonds. The standard InChI is InChI=1S/C17H19N3O3/c21-16(8-11-23-15-4-2-1-3-5-15)20-13-17(22)19-12-14-6-9-18-10-7-14/h1-7,9-10H,8,11-13H2,(H,19,22)(H,20,21). The van der Waals surface area contributed by atoms with Crippen molar-refractivity contribution in [1.82, 2.24) is 15.6 Å². The third-order valence-corrected chi connectivity index (χ3v) is 3.03. The zero-order valence-electron chi connectivity index (χ0n) is 12.7. The van der Waals surface area contributed by atoms with Crippen molar-refractivity contribution in [2.75, 3.05) is 13.2 Å². The van der Waals surface area contributed by atoms with E-state index >= 15 is 0 Å². The average Bonchev–Trinajstić information content (AvgIpc) is 2.60. The molecule has 1 aromatic heterocycles. The first-order valence-electron chi connectivity index (χ1n) is 7.34. The number of carbonyl (C=O) groups excluding carboxylic acids is 2. The lowest BCUT2D eigenvalue weighted by molar-refractivity contribution is -0.126. The quantitative estimate of drug-likeness (QED) is 0.769. The van der Waals surface area contributed by atoms with Crippen molar-refractivity contribution in [2.45, 2.75) is 13.0 Å². The van der Waals surface area contributed by atoms with Crippen LogP contribution in [0.3, 0.4) is 0 Å². The van der Waals surface area contributed by atoms with Gasteiger partial charge in [0.25, 0.3) is 0 Å². The maximum absolute atomic E-state index is 11.6. The van der Waals surface area contributed by atoms with Gasteiger partial charge in [-0.25, -0.2) is 0 Å². The number of ether oxygens (including phenoxy) is 1. The lowest BCUT2D eigenvalue weighted by Gasteiger charge is -2.08. The molecule has 0 atom stereocenters. The zero-order chi connectivity index (χ0) is 16.3. The largest absolute Gasteiger partial charge is 0.493 e. The third-order valence-electron chi connectivity index (χ3n) is 3.03. The van der Waals surface area contributed by atoms with Crippen molar-refractivity contribution in [3.63, 3.8) is 0 Å². The molecule has 1 heterocycles. The van der Waals surface area contributed by atoms with Gasteiger partial charge < -0.3 is 15.4 Å². The summed E-state index contributed by atoms with van der Waals surface area (Å²) in [5, 5.41) is 5.29. The molecule has 2 aromatic rings. The number of aromatic nitrogens is 1. The van der Waals surface area contributed by atoms with E-state index in [0.717, 1.165) is 11.3 Å². The first-order chi connectivity index (χ1) is 11.2. The minimum Gasteiger partial charge on any atom is -0.493 e. The van der Waals surface area contributed by atoms with Crippen molar-refractivity contribution in [2.24, 2.45) is 0 Å². The molecule has 120 valence electrons. The van der Waals surface area contributed by atoms with Gasteiger partial charge in [-0.15, -0.1) is 0 Å². The second-order valence-electron chi connectivity index (χ2n) is 4.82. The fraction of sp³-hybridized carbons (Fsp3) is 0.235. The normalized spacial score (nSPS) is 9.91. The van der Waals surface area contributed by atoms with Crippen LogP contribution in [-0.2, 0) is 16.1 Å². The Kier molecular flexibility index (Phi) is 6.59. The van der Waals surface area contributed by atoms with Gasteiger partial charge in [0.1, 0.15) is 5.75 Å². The molecule has 6 nitrogen and oxygen atoms in total. The lowest BCUT2D eigenvalue weighted by atomic mass is 10.3. The van der Waals surface area contributed by atoms with Gasteiger partial charge >= 0.3 is 0 Å². The lowest BCUT2D eigenvalue weighted by Crippen LogP contribution is -2.37. The van der Waals surface area contributed by atoms with Crippen molar-refractivity contribution < 1.29 is 14.3 Å². The Hall–Kier alpha value is -2.89. The van der Waals surface area contributed by atoms with Gasteiger partial charge in [-0.2, -0.15) is 0 Å². The molecule has 2 N–H and O–H groups in total. The fourth-order valence-corrected chi connectivity index (χ4v) is 1.81. The minimum absolute atomic E-state index is 0.0464. The molecule has 0 fully saturated rings. The van der Waals surface area contributed by atoms with Crippen LogP contribution >= 0.6 is 0 Å². The number of amides is 2. The monoisotopic (exact) mass is 313 g/mol. The van der Waals surface area contributed by atoms with Crippen LogP contribution in [0, 0.1) is 0 Å². The van der Waals surface area contributed by atoms with Crippen molar-refractivity contribution in [1.29, 1.82) is 0 Å². The molecule has 23 heavy (non-hydrogen) atoms. The second kappa shape index (κ2) is 9.19. The van der Waals surface area contributed by atoms with Crippen molar-refractivity contribution >= 4 is 11.8 Å². The van der Waals surface area contributed by atoms with Gasteiger partial charge in [-0.05, 0) is 29.8 Å². The molecule has 0 unspecified atom stereocenters. The van der Waals surface area contributed by atoms with Crippen LogP contribution < -0.4 is 15.4 Å². The van der Waals surface area contributed by atoms with Crippen LogP contribution in [-0.4, -0.2) is 29.9 Å². The van der Waals surface area contributed by atoms with Crippen LogP contribution in [0.2, 0.25) is 0 Å². The van der Waals surface area contributed by atoms with Gasteiger partial charge in [-0.3, -0.25) is 14.6 Å². The number of rotatable bonds is 8. The van der Waals surface area contributed by atoms with Crippen LogP contribution in [0.5, 0.6) is 5.75 Å². The molecule has 0 saturated carbocycles. The Morgan fingerprint density at radius 1 is 0.957 bits per heavy atom. The Labute approximate surface area is 134 Å². The Balaban J connectivity index is 1.57. The summed E-state index contributed by atoms with van der Waals surface area (Å²) in [6.45, 7) is 0.637. The van der Waals surface area contributed by atoms with E-state index < -0.39 is 0 Å². The molecule has 0 spiro atoms. The highest BCUT2D eigenvalue weighted by Crippen LogP contribution is 2.08. The van der Waals surface area contributed by atoms with Crippen molar-refractivity contribution in [3.05, 3.63) is 60.4 Å². The Morgan fingerprint density at radius 3 is 2.43 bits per heavy atom. The predicted molar refractivity (Wildman–Crippen MR) is 85.6 cm³/mol. The van der Waals surface area contributed by atoms with Gasteiger partial charge in [0.05, 0.1) is 19.6 Å². The topological polar surface area (TPSA) is 80.3 Å². The second-order valence-corrected chi connectivity index (χ2v) is 4.82. The van der Waals surface area contributed by atoms with Crippen LogP contribution in [0.4, 0.5) is 0 Å². The number of nitrogens with zero attached hydrogens (tertiary/aromatic N) is 1. The average molecular weight is 313 g/mol. The van der Waals surface area contributed by atoms with Crippen LogP contribution in [0.25, 0.3) is 0 Å². The number of hydrogen-bond acceptors (Lipinski definition) is 4. The Bertz CT molecular complexity index is 617. The molecular formula is C17H19N3O3. The number of pyridine rings is 1. The first-order valence-corrected chi connectivity index (χ1v) is 7.34. The summed E-state index contributed by atoms with van der Waals surface area (Å²) in [4.78, 5) is 27.2. The molecular weight excluding hydrogens is 294 g/mol. The van der Waals surface area contributed by atoms with E-state index in [4.69, 9.17) is 4.74 Å². The summed E-state index contributed by atoms with van der Waals surface area (Å²) in [5.74, 6) is 0.259. The SMILES string of the molecule is O=C(CCOc1ccccc1)NCC(=O)NCc1ccncc1. The maximum atomic E-state index is 11.6. The number of hydrogen-bond donors (Lipinski definition) is 2. The molecule has 0 saturated heterocycles. The molecule has 0 aliphatic rings. The van der Waals surface area contributed by atoms with Gasteiger partial charge in [0, 0.05) is 18.9 Å². The van der Waals surface area contributed by atoms with E-state index in [0.29, 0.717) is 6.54 Å². The summed E-state index contributed by atoms with van der Waals surface area (Å²) in [5.41, 5.74) is 0.955. The maximum Gasteiger partial charge on any atom is 0.239 e. The fourth-order valence-electron chi connectivity index (χ4n) is 1.81. The van der Waals surface area contributed by atoms with Gasteiger partial charge in [-0.1, -0.05) is 18.2 Å². The summed E-state index contributed by atoms with van der Waals surface area (Å²) < 4.78 is 5.42. The van der Waals surface area contributed by atoms with E-state index in [1.807, 2.05) is 42.5 Å². The number of benzene rings is 1. The van der Waals surface area contributed by atoms with Crippen molar-refractivity contribution in [3.8, 4) is 5.75 Å². The summed E-state index contributed by atoms with van der Waals surface area (Å²) >= 11 is 0. The van der Waals surface area contributed by atoms with Crippen LogP contribution in [0.1, 0.15) is 12.0 Å². The Morgan fingerprint density at radius 2 is 1.70 bits per heavy atom. The highest BCUT2D eigenvalue weighted by molar-refractivity contribution is 5.84. The first kappa shape index (κ1) is 16.5. The summed E-state index contributed by atoms with van der Waals surface area (Å²) in [7, 11) is 0. The van der Waals surface area contributed by atoms with E-state index in [9.17, 15) is 9.59 Å². The highest BCUT2D eigenvalue weighted by Gasteiger charge is 2.05. The molecule has 6 heteroatoms. The van der Waals surface area contributed by atoms with Gasteiger partial charge in [0.15, 0.2) is 0 Å². The molecule has 0 aliphatic heterocycles. The molecule has 1 aromatic carbocycles. The molecule has 0 bridgehead atoms. The molecule has 0 aliphatic carbocycles. The molecule has 0 radical (unpaired) electrons. The van der Waals surface area contributed by atoms with E-state index in [2.05, 4.69) is 15.6 Å². The van der Waals surface area contributed by atoms with E-state index in [-0.39, 0.29) is 31.4 Å². The van der Waals surface area contributed by atoms with Gasteiger partial charge in [0.2, 0.25) is 11.8 Å². The summed E-state index contributed by atoms with van der Waals surface area (Å²) in [6.07, 6.45) is 3.53. The van der Waals surface area contributed by atoms with Crippen LogP contribution in [0.15, 0.2) is 54.9 Å². The summed E-state index contributed by atoms with van der Waals surface area (Å²) in [6, 6.07) is 12.9.